The molecular formula is C59H61N3O18S. The SMILES string of the molecule is C=CC(=O)OCCOCCOCCN(/N=C/c1cc(OC(=O)C2CCC(C(=O)Oc3ccc(OCOC(=O)C=C)cc3)CC2)ccc1OC(=O)C1CCC(C(=O)Oc2ccc(OCOC(=O)C=C)cc2)CC1)c1nc2ccccc2s1. The molecule has 0 N–H and O–H groups in total. The lowest BCUT2D eigenvalue weighted by Gasteiger charge is -2.26. The summed E-state index contributed by atoms with van der Waals surface area (Å²) in [5, 5.41) is 7.01. The predicted octanol–water partition coefficient (Wildman–Crippen LogP) is 8.67. The normalized spacial score (nSPS) is 16.7. The Kier molecular flexibility index (Phi) is 23.1. The van der Waals surface area contributed by atoms with Crippen molar-refractivity contribution in [3.63, 3.8) is 0 Å². The Bertz CT molecular complexity index is 2980. The standard InChI is InChI=1S/C59H61N3O18S/c1-4-52(63)72-34-33-71-32-31-70-30-29-62(59-61-49-9-7-8-10-51(49)81-59)60-36-43-35-48(79-57(68)41-13-11-39(12-14-41)55(66)77-46-23-19-44(20-24-46)73-37-75-53(64)5-2)27-28-50(43)80-58(69)42-17-15-40(16-18-42)56(67)78-47-25-21-45(22-26-47)74-38-76-54(65)6-3/h4-10,19-28,35-36,39-42H,1-3,11-18,29-34,37-38H2/b60-36+. The number of hydrogen-bond acceptors (Lipinski definition) is 22. The number of ether oxygens (including phenoxy) is 11. The Balaban J connectivity index is 0.989. The van der Waals surface area contributed by atoms with Crippen molar-refractivity contribution in [2.24, 2.45) is 28.8 Å². The summed E-state index contributed by atoms with van der Waals surface area (Å²) in [6.07, 6.45) is 7.58. The van der Waals surface area contributed by atoms with E-state index in [1.54, 1.807) is 59.6 Å². The smallest absolute Gasteiger partial charge is 0.333 e. The van der Waals surface area contributed by atoms with Crippen molar-refractivity contribution < 1.29 is 85.7 Å². The summed E-state index contributed by atoms with van der Waals surface area (Å²) in [5.74, 6) is -3.94. The third-order valence-corrected chi connectivity index (χ3v) is 13.8. The number of esters is 7. The molecule has 4 aromatic carbocycles. The number of hydrazone groups is 1. The zero-order chi connectivity index (χ0) is 57.3. The van der Waals surface area contributed by atoms with Gasteiger partial charge in [0.1, 0.15) is 41.1 Å². The highest BCUT2D eigenvalue weighted by Crippen LogP contribution is 2.35. The molecule has 1 aromatic heterocycles. The minimum Gasteiger partial charge on any atom is -0.460 e. The van der Waals surface area contributed by atoms with Gasteiger partial charge in [0.25, 0.3) is 0 Å². The summed E-state index contributed by atoms with van der Waals surface area (Å²) in [5.41, 5.74) is 1.07. The van der Waals surface area contributed by atoms with Crippen molar-refractivity contribution in [2.45, 2.75) is 51.4 Å². The minimum absolute atomic E-state index is 0.0752. The van der Waals surface area contributed by atoms with E-state index >= 15 is 0 Å². The lowest BCUT2D eigenvalue weighted by molar-refractivity contribution is -0.145. The van der Waals surface area contributed by atoms with Crippen molar-refractivity contribution in [1.29, 1.82) is 0 Å². The number of aromatic nitrogens is 1. The number of carbonyl (C=O) groups excluding carboxylic acids is 7. The Morgan fingerprint density at radius 1 is 0.519 bits per heavy atom. The summed E-state index contributed by atoms with van der Waals surface area (Å²) in [7, 11) is 0. The van der Waals surface area contributed by atoms with Crippen molar-refractivity contribution in [3.05, 3.63) is 135 Å². The molecular weight excluding hydrogens is 1070 g/mol. The fourth-order valence-electron chi connectivity index (χ4n) is 8.38. The molecule has 7 rings (SSSR count). The van der Waals surface area contributed by atoms with Gasteiger partial charge >= 0.3 is 41.8 Å². The van der Waals surface area contributed by atoms with Crippen LogP contribution in [0, 0.1) is 23.7 Å². The van der Waals surface area contributed by atoms with Crippen LogP contribution >= 0.6 is 11.3 Å². The van der Waals surface area contributed by atoms with Crippen LogP contribution in [0.1, 0.15) is 56.9 Å². The highest BCUT2D eigenvalue weighted by Gasteiger charge is 2.34. The second-order valence-corrected chi connectivity index (χ2v) is 19.2. The molecule has 2 aliphatic rings. The monoisotopic (exact) mass is 1130 g/mol. The summed E-state index contributed by atoms with van der Waals surface area (Å²) in [4.78, 5) is 92.7. The molecule has 0 aliphatic heterocycles. The number of anilines is 1. The molecule has 2 fully saturated rings. The minimum atomic E-state index is -0.627. The van der Waals surface area contributed by atoms with Crippen LogP contribution in [0.5, 0.6) is 34.5 Å². The van der Waals surface area contributed by atoms with Gasteiger partial charge in [-0.15, -0.1) is 0 Å². The largest absolute Gasteiger partial charge is 0.460 e. The van der Waals surface area contributed by atoms with E-state index in [2.05, 4.69) is 19.7 Å². The molecule has 1 heterocycles. The van der Waals surface area contributed by atoms with Gasteiger partial charge in [0.2, 0.25) is 18.7 Å². The van der Waals surface area contributed by atoms with Crippen LogP contribution in [-0.2, 0) is 57.2 Å². The average Bonchev–Trinajstić information content (AvgIpc) is 4.09. The first-order chi connectivity index (χ1) is 39.4. The third kappa shape index (κ3) is 19.0. The van der Waals surface area contributed by atoms with E-state index in [1.807, 2.05) is 24.3 Å². The van der Waals surface area contributed by atoms with Gasteiger partial charge in [-0.05, 0) is 130 Å². The first kappa shape index (κ1) is 59.9. The van der Waals surface area contributed by atoms with E-state index in [0.29, 0.717) is 85.1 Å². The average molecular weight is 1130 g/mol. The van der Waals surface area contributed by atoms with Crippen LogP contribution in [0.25, 0.3) is 10.2 Å². The Hall–Kier alpha value is -8.73. The van der Waals surface area contributed by atoms with Crippen LogP contribution in [0.4, 0.5) is 5.13 Å². The lowest BCUT2D eigenvalue weighted by atomic mass is 9.82. The van der Waals surface area contributed by atoms with Crippen molar-refractivity contribution in [2.75, 3.05) is 58.2 Å². The topological polar surface area (TPSA) is 250 Å². The highest BCUT2D eigenvalue weighted by atomic mass is 32.1. The van der Waals surface area contributed by atoms with E-state index in [9.17, 15) is 33.6 Å². The van der Waals surface area contributed by atoms with E-state index < -0.39 is 65.5 Å². The highest BCUT2D eigenvalue weighted by molar-refractivity contribution is 7.22. The number of para-hydroxylation sites is 1. The van der Waals surface area contributed by atoms with Crippen LogP contribution in [0.2, 0.25) is 0 Å². The van der Waals surface area contributed by atoms with E-state index in [1.165, 1.54) is 29.7 Å². The number of benzene rings is 4. The van der Waals surface area contributed by atoms with Crippen LogP contribution < -0.4 is 33.4 Å². The molecule has 22 heteroatoms. The fourth-order valence-corrected chi connectivity index (χ4v) is 9.33. The summed E-state index contributed by atoms with van der Waals surface area (Å²) >= 11 is 1.41. The van der Waals surface area contributed by atoms with Crippen LogP contribution in [-0.4, -0.2) is 106 Å². The van der Waals surface area contributed by atoms with Crippen molar-refractivity contribution >= 4 is 74.7 Å². The summed E-state index contributed by atoms with van der Waals surface area (Å²) in [6.45, 7) is 10.6. The Morgan fingerprint density at radius 3 is 1.46 bits per heavy atom. The second kappa shape index (κ2) is 31.2. The van der Waals surface area contributed by atoms with Gasteiger partial charge in [0.05, 0.1) is 73.1 Å². The van der Waals surface area contributed by atoms with Gasteiger partial charge in [-0.2, -0.15) is 5.10 Å². The molecule has 2 saturated carbocycles. The number of fused-ring (bicyclic) bond motifs is 1. The molecule has 0 bridgehead atoms. The third-order valence-electron chi connectivity index (χ3n) is 12.8. The van der Waals surface area contributed by atoms with Gasteiger partial charge in [0, 0.05) is 23.8 Å². The number of hydrogen-bond donors (Lipinski definition) is 0. The predicted molar refractivity (Wildman–Crippen MR) is 294 cm³/mol. The molecule has 0 saturated heterocycles. The van der Waals surface area contributed by atoms with E-state index in [-0.39, 0.29) is 64.7 Å². The first-order valence-electron chi connectivity index (χ1n) is 26.0. The molecule has 426 valence electrons. The maximum Gasteiger partial charge on any atom is 0.333 e. The van der Waals surface area contributed by atoms with Gasteiger partial charge in [0.15, 0.2) is 0 Å². The Labute approximate surface area is 470 Å². The molecule has 0 unspecified atom stereocenters. The van der Waals surface area contributed by atoms with Crippen LogP contribution in [0.15, 0.2) is 134 Å². The maximum absolute atomic E-state index is 13.9. The molecule has 0 amide bonds. The van der Waals surface area contributed by atoms with Crippen molar-refractivity contribution in [3.8, 4) is 34.5 Å². The lowest BCUT2D eigenvalue weighted by Crippen LogP contribution is -2.30. The van der Waals surface area contributed by atoms with Crippen LogP contribution in [0.3, 0.4) is 0 Å². The van der Waals surface area contributed by atoms with Gasteiger partial charge in [-0.1, -0.05) is 43.2 Å². The number of thiazole rings is 1. The molecule has 0 atom stereocenters. The zero-order valence-electron chi connectivity index (χ0n) is 44.3. The number of nitrogens with zero attached hydrogens (tertiary/aromatic N) is 3. The zero-order valence-corrected chi connectivity index (χ0v) is 45.1. The van der Waals surface area contributed by atoms with Crippen molar-refractivity contribution in [1.82, 2.24) is 4.98 Å². The molecule has 2 aliphatic carbocycles. The fraction of sp³-hybridized carbons (Fsp3) is 0.339. The molecule has 81 heavy (non-hydrogen) atoms. The number of rotatable bonds is 29. The van der Waals surface area contributed by atoms with E-state index in [0.717, 1.165) is 28.4 Å². The molecule has 21 nitrogen and oxygen atoms in total. The number of carbonyl (C=O) groups is 7. The maximum atomic E-state index is 13.9. The van der Waals surface area contributed by atoms with Gasteiger partial charge in [-0.3, -0.25) is 19.2 Å². The van der Waals surface area contributed by atoms with Gasteiger partial charge in [-0.25, -0.2) is 24.4 Å². The van der Waals surface area contributed by atoms with E-state index in [4.69, 9.17) is 62.2 Å². The quantitative estimate of drug-likeness (QED) is 0.00634. The second-order valence-electron chi connectivity index (χ2n) is 18.2. The molecule has 5 aromatic rings. The summed E-state index contributed by atoms with van der Waals surface area (Å²) < 4.78 is 60.9. The first-order valence-corrected chi connectivity index (χ1v) is 26.9. The van der Waals surface area contributed by atoms with Gasteiger partial charge < -0.3 is 52.1 Å². The molecule has 0 spiro atoms. The summed E-state index contributed by atoms with van der Waals surface area (Å²) in [6, 6.07) is 24.8. The Morgan fingerprint density at radius 2 is 0.951 bits per heavy atom. The molecule has 0 radical (unpaired) electrons.